The van der Waals surface area contributed by atoms with E-state index in [1.807, 2.05) is 39.0 Å². The van der Waals surface area contributed by atoms with Gasteiger partial charge in [-0.2, -0.15) is 5.10 Å². The molecule has 0 amide bonds. The molecule has 1 unspecified atom stereocenters. The van der Waals surface area contributed by atoms with Crippen LogP contribution in [0.3, 0.4) is 0 Å². The van der Waals surface area contributed by atoms with Gasteiger partial charge in [0.05, 0.1) is 10.6 Å². The summed E-state index contributed by atoms with van der Waals surface area (Å²) in [7, 11) is -3.51. The highest BCUT2D eigenvalue weighted by molar-refractivity contribution is 7.89. The smallest absolute Gasteiger partial charge is 0.241 e. The lowest BCUT2D eigenvalue weighted by atomic mass is 10.1. The van der Waals surface area contributed by atoms with Crippen LogP contribution in [0.1, 0.15) is 31.5 Å². The van der Waals surface area contributed by atoms with Crippen molar-refractivity contribution in [3.05, 3.63) is 35.5 Å². The molecular weight excluding hydrogens is 286 g/mol. The lowest BCUT2D eigenvalue weighted by Crippen LogP contribution is -2.32. The normalized spacial score (nSPS) is 13.3. The van der Waals surface area contributed by atoms with E-state index >= 15 is 0 Å². The standard InChI is InChI=1S/C15H21N3O2S/c1-5-11(3)18-21(19,20)15-9-13(7-6-10(15)2)14-8-12(4)16-17-14/h6-9,11,18H,5H2,1-4H3,(H,16,17). The first-order chi connectivity index (χ1) is 9.83. The van der Waals surface area contributed by atoms with Gasteiger partial charge in [0.25, 0.3) is 0 Å². The summed E-state index contributed by atoms with van der Waals surface area (Å²) < 4.78 is 27.6. The molecule has 0 saturated heterocycles. The quantitative estimate of drug-likeness (QED) is 0.892. The lowest BCUT2D eigenvalue weighted by Gasteiger charge is -2.14. The number of aryl methyl sites for hydroxylation is 2. The SMILES string of the molecule is CCC(C)NS(=O)(=O)c1cc(-c2cc(C)[nH]n2)ccc1C. The summed E-state index contributed by atoms with van der Waals surface area (Å²) in [5.74, 6) is 0. The van der Waals surface area contributed by atoms with Crippen molar-refractivity contribution in [2.24, 2.45) is 0 Å². The molecule has 1 heterocycles. The summed E-state index contributed by atoms with van der Waals surface area (Å²) in [5, 5.41) is 7.04. The van der Waals surface area contributed by atoms with Crippen molar-refractivity contribution < 1.29 is 8.42 Å². The second-order valence-corrected chi connectivity index (χ2v) is 7.03. The van der Waals surface area contributed by atoms with Crippen LogP contribution in [-0.4, -0.2) is 24.7 Å². The molecule has 0 bridgehead atoms. The molecule has 2 rings (SSSR count). The fourth-order valence-corrected chi connectivity index (χ4v) is 3.62. The van der Waals surface area contributed by atoms with Gasteiger partial charge >= 0.3 is 0 Å². The molecule has 5 nitrogen and oxygen atoms in total. The number of rotatable bonds is 5. The Labute approximate surface area is 125 Å². The van der Waals surface area contributed by atoms with Crippen LogP contribution in [0.25, 0.3) is 11.3 Å². The molecule has 114 valence electrons. The molecule has 1 aromatic carbocycles. The molecule has 0 aliphatic heterocycles. The van der Waals surface area contributed by atoms with E-state index in [4.69, 9.17) is 0 Å². The molecule has 6 heteroatoms. The van der Waals surface area contributed by atoms with E-state index in [1.54, 1.807) is 13.0 Å². The van der Waals surface area contributed by atoms with Crippen molar-refractivity contribution in [2.45, 2.75) is 45.1 Å². The molecule has 0 radical (unpaired) electrons. The van der Waals surface area contributed by atoms with Crippen LogP contribution in [0.15, 0.2) is 29.2 Å². The van der Waals surface area contributed by atoms with Gasteiger partial charge in [0.15, 0.2) is 0 Å². The van der Waals surface area contributed by atoms with E-state index in [-0.39, 0.29) is 6.04 Å². The van der Waals surface area contributed by atoms with Gasteiger partial charge in [-0.05, 0) is 44.9 Å². The zero-order chi connectivity index (χ0) is 15.6. The second kappa shape index (κ2) is 5.99. The largest absolute Gasteiger partial charge is 0.282 e. The number of H-pyrrole nitrogens is 1. The Morgan fingerprint density at radius 2 is 2.00 bits per heavy atom. The maximum Gasteiger partial charge on any atom is 0.241 e. The average molecular weight is 307 g/mol. The predicted molar refractivity (Wildman–Crippen MR) is 83.6 cm³/mol. The van der Waals surface area contributed by atoms with Crippen LogP contribution in [0.5, 0.6) is 0 Å². The Morgan fingerprint density at radius 3 is 2.57 bits per heavy atom. The van der Waals surface area contributed by atoms with E-state index in [0.717, 1.165) is 28.9 Å². The third-order valence-corrected chi connectivity index (χ3v) is 5.18. The molecule has 0 aliphatic rings. The Kier molecular flexibility index (Phi) is 4.49. The van der Waals surface area contributed by atoms with E-state index in [9.17, 15) is 8.42 Å². The Balaban J connectivity index is 2.44. The van der Waals surface area contributed by atoms with Crippen molar-refractivity contribution in [3.8, 4) is 11.3 Å². The highest BCUT2D eigenvalue weighted by Crippen LogP contribution is 2.24. The van der Waals surface area contributed by atoms with Gasteiger partial charge in [-0.15, -0.1) is 0 Å². The minimum atomic E-state index is -3.51. The first-order valence-electron chi connectivity index (χ1n) is 6.99. The molecule has 0 fully saturated rings. The van der Waals surface area contributed by atoms with Crippen LogP contribution >= 0.6 is 0 Å². The molecule has 21 heavy (non-hydrogen) atoms. The average Bonchev–Trinajstić information content (AvgIpc) is 2.85. The minimum absolute atomic E-state index is 0.0920. The highest BCUT2D eigenvalue weighted by atomic mass is 32.2. The van der Waals surface area contributed by atoms with Gasteiger partial charge in [-0.1, -0.05) is 19.1 Å². The summed E-state index contributed by atoms with van der Waals surface area (Å²) in [6.07, 6.45) is 0.747. The van der Waals surface area contributed by atoms with Gasteiger partial charge in [0, 0.05) is 17.3 Å². The molecule has 0 aliphatic carbocycles. The van der Waals surface area contributed by atoms with E-state index < -0.39 is 10.0 Å². The maximum absolute atomic E-state index is 12.5. The molecule has 2 aromatic rings. The summed E-state index contributed by atoms with van der Waals surface area (Å²) in [6, 6.07) is 7.17. The first-order valence-corrected chi connectivity index (χ1v) is 8.47. The van der Waals surface area contributed by atoms with Crippen molar-refractivity contribution >= 4 is 10.0 Å². The number of hydrogen-bond acceptors (Lipinski definition) is 3. The van der Waals surface area contributed by atoms with Crippen LogP contribution in [0.4, 0.5) is 0 Å². The number of nitrogens with zero attached hydrogens (tertiary/aromatic N) is 1. The molecule has 0 spiro atoms. The van der Waals surface area contributed by atoms with Gasteiger partial charge in [0.1, 0.15) is 0 Å². The lowest BCUT2D eigenvalue weighted by molar-refractivity contribution is 0.555. The second-order valence-electron chi connectivity index (χ2n) is 5.35. The van der Waals surface area contributed by atoms with Gasteiger partial charge in [-0.3, -0.25) is 5.10 Å². The number of aromatic nitrogens is 2. The van der Waals surface area contributed by atoms with E-state index in [0.29, 0.717) is 4.90 Å². The fraction of sp³-hybridized carbons (Fsp3) is 0.400. The Morgan fingerprint density at radius 1 is 1.29 bits per heavy atom. The number of benzene rings is 1. The van der Waals surface area contributed by atoms with Crippen LogP contribution in [0, 0.1) is 13.8 Å². The third-order valence-electron chi connectivity index (χ3n) is 3.45. The van der Waals surface area contributed by atoms with Gasteiger partial charge < -0.3 is 0 Å². The van der Waals surface area contributed by atoms with Crippen molar-refractivity contribution in [2.75, 3.05) is 0 Å². The first kappa shape index (κ1) is 15.7. The van der Waals surface area contributed by atoms with Crippen molar-refractivity contribution in [1.82, 2.24) is 14.9 Å². The molecule has 1 aromatic heterocycles. The number of sulfonamides is 1. The van der Waals surface area contributed by atoms with E-state index in [1.165, 1.54) is 0 Å². The number of nitrogens with one attached hydrogen (secondary N) is 2. The van der Waals surface area contributed by atoms with Crippen LogP contribution in [-0.2, 0) is 10.0 Å². The maximum atomic E-state index is 12.5. The molecular formula is C15H21N3O2S. The molecule has 2 N–H and O–H groups in total. The van der Waals surface area contributed by atoms with Gasteiger partial charge in [0.2, 0.25) is 10.0 Å². The zero-order valence-corrected chi connectivity index (χ0v) is 13.6. The third kappa shape index (κ3) is 3.51. The summed E-state index contributed by atoms with van der Waals surface area (Å²) in [5.41, 5.74) is 3.19. The van der Waals surface area contributed by atoms with Gasteiger partial charge in [-0.25, -0.2) is 13.1 Å². The fourth-order valence-electron chi connectivity index (χ4n) is 2.03. The van der Waals surface area contributed by atoms with Crippen molar-refractivity contribution in [3.63, 3.8) is 0 Å². The van der Waals surface area contributed by atoms with Crippen LogP contribution < -0.4 is 4.72 Å². The summed E-state index contributed by atoms with van der Waals surface area (Å²) in [4.78, 5) is 0.306. The highest BCUT2D eigenvalue weighted by Gasteiger charge is 2.20. The van der Waals surface area contributed by atoms with E-state index in [2.05, 4.69) is 14.9 Å². The van der Waals surface area contributed by atoms with Crippen molar-refractivity contribution in [1.29, 1.82) is 0 Å². The van der Waals surface area contributed by atoms with Crippen LogP contribution in [0.2, 0.25) is 0 Å². The Hall–Kier alpha value is -1.66. The summed E-state index contributed by atoms with van der Waals surface area (Å²) in [6.45, 7) is 7.51. The predicted octanol–water partition coefficient (Wildman–Crippen LogP) is 2.77. The number of hydrogen-bond donors (Lipinski definition) is 2. The number of aromatic amines is 1. The minimum Gasteiger partial charge on any atom is -0.282 e. The summed E-state index contributed by atoms with van der Waals surface area (Å²) >= 11 is 0. The molecule has 0 saturated carbocycles. The monoisotopic (exact) mass is 307 g/mol. The zero-order valence-electron chi connectivity index (χ0n) is 12.8. The molecule has 1 atom stereocenters. The Bertz CT molecular complexity index is 735. The topological polar surface area (TPSA) is 74.8 Å².